The molecule has 2 fully saturated rings. The highest BCUT2D eigenvalue weighted by molar-refractivity contribution is 5.65. The van der Waals surface area contributed by atoms with E-state index >= 15 is 0 Å². The van der Waals surface area contributed by atoms with Crippen molar-refractivity contribution in [3.8, 4) is 0 Å². The highest BCUT2D eigenvalue weighted by atomic mass is 16.4. The van der Waals surface area contributed by atoms with E-state index in [4.69, 9.17) is 10.8 Å². The zero-order valence-electron chi connectivity index (χ0n) is 9.11. The van der Waals surface area contributed by atoms with Gasteiger partial charge in [0, 0.05) is 13.1 Å². The summed E-state index contributed by atoms with van der Waals surface area (Å²) in [4.78, 5) is 12.3. The molecule has 0 unspecified atom stereocenters. The number of carbonyl (C=O) groups is 1. The molecule has 1 saturated carbocycles. The van der Waals surface area contributed by atoms with E-state index in [-0.39, 0.29) is 0 Å². The van der Waals surface area contributed by atoms with Gasteiger partial charge in [-0.3, -0.25) is 0 Å². The van der Waals surface area contributed by atoms with Crippen LogP contribution in [0.2, 0.25) is 0 Å². The van der Waals surface area contributed by atoms with Crippen LogP contribution in [0.15, 0.2) is 0 Å². The Kier molecular flexibility index (Phi) is 2.87. The number of amides is 1. The number of hydrogen-bond acceptors (Lipinski definition) is 2. The SMILES string of the molecule is NCCC1CC2(CCN(C(=O)O)CC2)C1. The molecule has 1 spiro atoms. The lowest BCUT2D eigenvalue weighted by Gasteiger charge is -2.52. The van der Waals surface area contributed by atoms with E-state index in [2.05, 4.69) is 0 Å². The van der Waals surface area contributed by atoms with Gasteiger partial charge in [-0.15, -0.1) is 0 Å². The molecule has 1 aliphatic carbocycles. The summed E-state index contributed by atoms with van der Waals surface area (Å²) >= 11 is 0. The third-order valence-electron chi connectivity index (χ3n) is 4.11. The van der Waals surface area contributed by atoms with Gasteiger partial charge in [-0.1, -0.05) is 0 Å². The topological polar surface area (TPSA) is 66.6 Å². The smallest absolute Gasteiger partial charge is 0.407 e. The van der Waals surface area contributed by atoms with Crippen molar-refractivity contribution in [3.63, 3.8) is 0 Å². The molecule has 1 saturated heterocycles. The molecule has 0 aromatic heterocycles. The molecule has 0 aromatic rings. The molecule has 3 N–H and O–H groups in total. The van der Waals surface area contributed by atoms with Crippen molar-refractivity contribution in [2.45, 2.75) is 32.1 Å². The van der Waals surface area contributed by atoms with Crippen molar-refractivity contribution in [1.29, 1.82) is 0 Å². The second kappa shape index (κ2) is 4.00. The van der Waals surface area contributed by atoms with Crippen molar-refractivity contribution in [2.75, 3.05) is 19.6 Å². The summed E-state index contributed by atoms with van der Waals surface area (Å²) in [6.45, 7) is 2.25. The Morgan fingerprint density at radius 1 is 1.40 bits per heavy atom. The minimum atomic E-state index is -0.761. The number of likely N-dealkylation sites (tertiary alicyclic amines) is 1. The molecule has 86 valence electrons. The Labute approximate surface area is 90.4 Å². The lowest BCUT2D eigenvalue weighted by atomic mass is 9.57. The van der Waals surface area contributed by atoms with Crippen LogP contribution in [0.5, 0.6) is 0 Å². The van der Waals surface area contributed by atoms with E-state index < -0.39 is 6.09 Å². The van der Waals surface area contributed by atoms with E-state index in [9.17, 15) is 4.79 Å². The summed E-state index contributed by atoms with van der Waals surface area (Å²) in [6.07, 6.45) is 5.04. The van der Waals surface area contributed by atoms with Gasteiger partial charge in [0.05, 0.1) is 0 Å². The second-order valence-corrected chi connectivity index (χ2v) is 5.12. The molecule has 15 heavy (non-hydrogen) atoms. The molecule has 0 radical (unpaired) electrons. The maximum Gasteiger partial charge on any atom is 0.407 e. The van der Waals surface area contributed by atoms with Crippen molar-refractivity contribution >= 4 is 6.09 Å². The van der Waals surface area contributed by atoms with Crippen molar-refractivity contribution in [2.24, 2.45) is 17.1 Å². The molecular formula is C11H20N2O2. The van der Waals surface area contributed by atoms with Gasteiger partial charge in [0.2, 0.25) is 0 Å². The largest absolute Gasteiger partial charge is 0.465 e. The number of carboxylic acid groups (broad SMARTS) is 1. The summed E-state index contributed by atoms with van der Waals surface area (Å²) in [6, 6.07) is 0. The van der Waals surface area contributed by atoms with E-state index in [0.717, 1.165) is 44.8 Å². The van der Waals surface area contributed by atoms with E-state index in [1.54, 1.807) is 4.90 Å². The highest BCUT2D eigenvalue weighted by Gasteiger charge is 2.45. The molecule has 4 heteroatoms. The van der Waals surface area contributed by atoms with Gasteiger partial charge >= 0.3 is 6.09 Å². The zero-order valence-corrected chi connectivity index (χ0v) is 9.11. The maximum absolute atomic E-state index is 10.7. The van der Waals surface area contributed by atoms with Crippen molar-refractivity contribution < 1.29 is 9.90 Å². The first-order valence-electron chi connectivity index (χ1n) is 5.83. The third kappa shape index (κ3) is 2.09. The first kappa shape index (κ1) is 10.7. The van der Waals surface area contributed by atoms with E-state index in [1.807, 2.05) is 0 Å². The summed E-state index contributed by atoms with van der Waals surface area (Å²) in [7, 11) is 0. The number of hydrogen-bond donors (Lipinski definition) is 2. The minimum Gasteiger partial charge on any atom is -0.465 e. The van der Waals surface area contributed by atoms with Gasteiger partial charge in [-0.05, 0) is 50.0 Å². The van der Waals surface area contributed by atoms with E-state index in [1.165, 1.54) is 12.8 Å². The average Bonchev–Trinajstić information content (AvgIpc) is 2.16. The van der Waals surface area contributed by atoms with E-state index in [0.29, 0.717) is 5.41 Å². The Morgan fingerprint density at radius 2 is 2.00 bits per heavy atom. The fourth-order valence-corrected chi connectivity index (χ4v) is 3.19. The summed E-state index contributed by atoms with van der Waals surface area (Å²) in [5, 5.41) is 8.84. The Bertz CT molecular complexity index is 239. The Morgan fingerprint density at radius 3 is 2.47 bits per heavy atom. The van der Waals surface area contributed by atoms with Crippen LogP contribution in [0, 0.1) is 11.3 Å². The summed E-state index contributed by atoms with van der Waals surface area (Å²) in [5.41, 5.74) is 6.01. The quantitative estimate of drug-likeness (QED) is 0.729. The number of rotatable bonds is 2. The first-order valence-corrected chi connectivity index (χ1v) is 5.83. The molecule has 1 aliphatic heterocycles. The fraction of sp³-hybridized carbons (Fsp3) is 0.909. The van der Waals surface area contributed by atoms with Gasteiger partial charge in [0.25, 0.3) is 0 Å². The molecule has 1 heterocycles. The minimum absolute atomic E-state index is 0.478. The summed E-state index contributed by atoms with van der Waals surface area (Å²) < 4.78 is 0. The number of nitrogens with zero attached hydrogens (tertiary/aromatic N) is 1. The number of piperidine rings is 1. The van der Waals surface area contributed by atoms with Crippen LogP contribution < -0.4 is 5.73 Å². The van der Waals surface area contributed by atoms with Gasteiger partial charge in [0.1, 0.15) is 0 Å². The zero-order chi connectivity index (χ0) is 10.9. The lowest BCUT2D eigenvalue weighted by Crippen LogP contribution is -2.48. The normalized spacial score (nSPS) is 25.3. The van der Waals surface area contributed by atoms with Crippen LogP contribution in [0.25, 0.3) is 0 Å². The van der Waals surface area contributed by atoms with Crippen molar-refractivity contribution in [1.82, 2.24) is 4.90 Å². The van der Waals surface area contributed by atoms with Crippen LogP contribution in [0.3, 0.4) is 0 Å². The molecule has 0 bridgehead atoms. The van der Waals surface area contributed by atoms with Gasteiger partial charge < -0.3 is 15.7 Å². The lowest BCUT2D eigenvalue weighted by molar-refractivity contribution is -0.0108. The van der Waals surface area contributed by atoms with Crippen LogP contribution in [0.1, 0.15) is 32.1 Å². The van der Waals surface area contributed by atoms with Crippen LogP contribution in [-0.2, 0) is 0 Å². The van der Waals surface area contributed by atoms with Crippen LogP contribution >= 0.6 is 0 Å². The Hall–Kier alpha value is -0.770. The third-order valence-corrected chi connectivity index (χ3v) is 4.11. The van der Waals surface area contributed by atoms with Crippen LogP contribution in [0.4, 0.5) is 4.79 Å². The second-order valence-electron chi connectivity index (χ2n) is 5.12. The molecule has 0 atom stereocenters. The standard InChI is InChI=1S/C11H20N2O2/c12-4-1-9-7-11(8-9)2-5-13(6-3-11)10(14)15/h9H,1-8,12H2,(H,14,15). The van der Waals surface area contributed by atoms with Crippen molar-refractivity contribution in [3.05, 3.63) is 0 Å². The molecule has 2 rings (SSSR count). The maximum atomic E-state index is 10.7. The Balaban J connectivity index is 1.77. The molecule has 2 aliphatic rings. The molecule has 4 nitrogen and oxygen atoms in total. The first-order chi connectivity index (χ1) is 7.15. The average molecular weight is 212 g/mol. The molecule has 1 amide bonds. The molecule has 0 aromatic carbocycles. The highest BCUT2D eigenvalue weighted by Crippen LogP contribution is 2.53. The fourth-order valence-electron chi connectivity index (χ4n) is 3.19. The predicted molar refractivity (Wildman–Crippen MR) is 57.7 cm³/mol. The van der Waals surface area contributed by atoms with Gasteiger partial charge in [0.15, 0.2) is 0 Å². The molecular weight excluding hydrogens is 192 g/mol. The number of nitrogens with two attached hydrogens (primary N) is 1. The summed E-state index contributed by atoms with van der Waals surface area (Å²) in [5.74, 6) is 0.811. The van der Waals surface area contributed by atoms with Crippen LogP contribution in [-0.4, -0.2) is 35.7 Å². The van der Waals surface area contributed by atoms with Gasteiger partial charge in [-0.2, -0.15) is 0 Å². The van der Waals surface area contributed by atoms with Gasteiger partial charge in [-0.25, -0.2) is 4.79 Å². The monoisotopic (exact) mass is 212 g/mol. The predicted octanol–water partition coefficient (Wildman–Crippen LogP) is 1.51.